The second kappa shape index (κ2) is 7.46. The number of nitrogens with one attached hydrogen (secondary N) is 1. The van der Waals surface area contributed by atoms with Crippen molar-refractivity contribution in [2.75, 3.05) is 6.54 Å². The lowest BCUT2D eigenvalue weighted by atomic mass is 9.78. The molecule has 0 saturated carbocycles. The van der Waals surface area contributed by atoms with Crippen LogP contribution < -0.4 is 10.8 Å². The Morgan fingerprint density at radius 1 is 1.24 bits per heavy atom. The van der Waals surface area contributed by atoms with Gasteiger partial charge in [-0.15, -0.1) is 0 Å². The van der Waals surface area contributed by atoms with Gasteiger partial charge in [-0.2, -0.15) is 0 Å². The van der Waals surface area contributed by atoms with Crippen LogP contribution in [0.15, 0.2) is 42.5 Å². The summed E-state index contributed by atoms with van der Waals surface area (Å²) in [5.41, 5.74) is 1.00. The van der Waals surface area contributed by atoms with Crippen molar-refractivity contribution in [2.45, 2.75) is 13.2 Å². The highest BCUT2D eigenvalue weighted by atomic mass is 19.1. The van der Waals surface area contributed by atoms with Crippen molar-refractivity contribution in [1.29, 1.82) is 0 Å². The van der Waals surface area contributed by atoms with Crippen molar-refractivity contribution in [2.24, 2.45) is 0 Å². The third kappa shape index (κ3) is 3.86. The topological polar surface area (TPSA) is 84.9 Å². The van der Waals surface area contributed by atoms with Crippen molar-refractivity contribution < 1.29 is 28.4 Å². The van der Waals surface area contributed by atoms with Gasteiger partial charge < -0.3 is 19.7 Å². The van der Waals surface area contributed by atoms with Crippen LogP contribution in [0.3, 0.4) is 0 Å². The molecule has 0 radical (unpaired) electrons. The number of amides is 1. The highest BCUT2D eigenvalue weighted by molar-refractivity contribution is 6.61. The Morgan fingerprint density at radius 2 is 2.00 bits per heavy atom. The van der Waals surface area contributed by atoms with E-state index in [1.807, 2.05) is 18.2 Å². The fraction of sp³-hybridized carbons (Fsp3) is 0.176. The third-order valence-electron chi connectivity index (χ3n) is 3.79. The lowest BCUT2D eigenvalue weighted by Crippen LogP contribution is -2.36. The van der Waals surface area contributed by atoms with Crippen LogP contribution in [0.5, 0.6) is 0 Å². The van der Waals surface area contributed by atoms with Crippen molar-refractivity contribution >= 4 is 24.5 Å². The quantitative estimate of drug-likeness (QED) is 0.611. The molecule has 8 heteroatoms. The van der Waals surface area contributed by atoms with Gasteiger partial charge in [0.2, 0.25) is 0 Å². The predicted octanol–water partition coefficient (Wildman–Crippen LogP) is 0.517. The van der Waals surface area contributed by atoms with Crippen molar-refractivity contribution in [1.82, 2.24) is 5.32 Å². The lowest BCUT2D eigenvalue weighted by Gasteiger charge is -2.09. The predicted molar refractivity (Wildman–Crippen MR) is 87.4 cm³/mol. The maximum absolute atomic E-state index is 14.4. The molecule has 128 valence electrons. The summed E-state index contributed by atoms with van der Waals surface area (Å²) in [4.78, 5) is 23.8. The number of carbonyl (C=O) groups is 2. The Balaban J connectivity index is 1.56. The molecule has 2 aromatic carbocycles. The van der Waals surface area contributed by atoms with E-state index in [0.717, 1.165) is 5.56 Å². The van der Waals surface area contributed by atoms with Crippen LogP contribution in [-0.2, 0) is 27.4 Å². The molecule has 1 aliphatic heterocycles. The molecule has 0 spiro atoms. The minimum Gasteiger partial charge on any atom is -0.460 e. The van der Waals surface area contributed by atoms with E-state index in [9.17, 15) is 19.0 Å². The third-order valence-corrected chi connectivity index (χ3v) is 3.79. The van der Waals surface area contributed by atoms with Gasteiger partial charge in [0, 0.05) is 5.46 Å². The maximum Gasteiger partial charge on any atom is 0.494 e. The number of rotatable bonds is 5. The molecule has 0 unspecified atom stereocenters. The van der Waals surface area contributed by atoms with E-state index in [-0.39, 0.29) is 30.8 Å². The summed E-state index contributed by atoms with van der Waals surface area (Å²) in [5, 5.41) is 11.9. The zero-order valence-corrected chi connectivity index (χ0v) is 13.2. The Hall–Kier alpha value is -2.71. The fourth-order valence-electron chi connectivity index (χ4n) is 2.49. The van der Waals surface area contributed by atoms with Gasteiger partial charge >= 0.3 is 13.1 Å². The highest BCUT2D eigenvalue weighted by Crippen LogP contribution is 2.15. The summed E-state index contributed by atoms with van der Waals surface area (Å²) in [6, 6.07) is 11.9. The maximum atomic E-state index is 14.4. The molecule has 2 N–H and O–H groups in total. The second-order valence-corrected chi connectivity index (χ2v) is 5.49. The molecule has 0 atom stereocenters. The van der Waals surface area contributed by atoms with Gasteiger partial charge in [-0.05, 0) is 17.2 Å². The summed E-state index contributed by atoms with van der Waals surface area (Å²) >= 11 is 0. The number of esters is 1. The summed E-state index contributed by atoms with van der Waals surface area (Å²) in [5.74, 6) is -2.25. The number of carbonyl (C=O) groups excluding carboxylic acids is 2. The van der Waals surface area contributed by atoms with Gasteiger partial charge in [0.1, 0.15) is 19.0 Å². The first kappa shape index (κ1) is 17.1. The number of fused-ring (bicyclic) bond motifs is 1. The minimum absolute atomic E-state index is 0.0423. The summed E-state index contributed by atoms with van der Waals surface area (Å²) < 4.78 is 24.3. The Labute approximate surface area is 143 Å². The zero-order valence-electron chi connectivity index (χ0n) is 13.2. The van der Waals surface area contributed by atoms with Crippen LogP contribution in [0, 0.1) is 5.82 Å². The van der Waals surface area contributed by atoms with E-state index in [1.54, 1.807) is 12.1 Å². The number of ether oxygens (including phenoxy) is 1. The largest absolute Gasteiger partial charge is 0.494 e. The highest BCUT2D eigenvalue weighted by Gasteiger charge is 2.33. The molecule has 1 heterocycles. The molecule has 0 aliphatic carbocycles. The van der Waals surface area contributed by atoms with Crippen LogP contribution in [0.4, 0.5) is 4.39 Å². The van der Waals surface area contributed by atoms with E-state index >= 15 is 0 Å². The van der Waals surface area contributed by atoms with Gasteiger partial charge in [0.15, 0.2) is 0 Å². The van der Waals surface area contributed by atoms with Crippen molar-refractivity contribution in [3.8, 4) is 0 Å². The average Bonchev–Trinajstić information content (AvgIpc) is 3.01. The molecule has 3 rings (SSSR count). The number of halogens is 1. The SMILES string of the molecule is O=C(CNC(=O)c1ccc2c(c1F)B(O)OC2)OCc1ccccc1. The molecule has 0 bridgehead atoms. The fourth-order valence-corrected chi connectivity index (χ4v) is 2.49. The average molecular weight is 343 g/mol. The standard InChI is InChI=1S/C17H15BFNO5/c19-16-13(7-6-12-10-25-18(23)15(12)16)17(22)20-8-14(21)24-9-11-4-2-1-3-5-11/h1-7,23H,8-10H2,(H,20,22). The van der Waals surface area contributed by atoms with Gasteiger partial charge in [-0.3, -0.25) is 9.59 Å². The van der Waals surface area contributed by atoms with Gasteiger partial charge in [-0.25, -0.2) is 4.39 Å². The minimum atomic E-state index is -1.39. The summed E-state index contributed by atoms with van der Waals surface area (Å²) in [6.07, 6.45) is 0. The lowest BCUT2D eigenvalue weighted by molar-refractivity contribution is -0.143. The van der Waals surface area contributed by atoms with Gasteiger partial charge in [-0.1, -0.05) is 36.4 Å². The zero-order chi connectivity index (χ0) is 17.8. The van der Waals surface area contributed by atoms with Crippen LogP contribution in [0.2, 0.25) is 0 Å². The normalized spacial score (nSPS) is 12.6. The monoisotopic (exact) mass is 343 g/mol. The molecule has 1 aliphatic rings. The van der Waals surface area contributed by atoms with Crippen molar-refractivity contribution in [3.63, 3.8) is 0 Å². The van der Waals surface area contributed by atoms with Gasteiger partial charge in [0.25, 0.3) is 5.91 Å². The number of hydrogen-bond acceptors (Lipinski definition) is 5. The first-order chi connectivity index (χ1) is 12.1. The summed E-state index contributed by atoms with van der Waals surface area (Å²) in [6.45, 7) is -0.214. The van der Waals surface area contributed by atoms with E-state index < -0.39 is 24.8 Å². The molecule has 0 aromatic heterocycles. The Kier molecular flexibility index (Phi) is 5.11. The summed E-state index contributed by atoms with van der Waals surface area (Å²) in [7, 11) is -1.39. The van der Waals surface area contributed by atoms with E-state index in [0.29, 0.717) is 5.56 Å². The molecule has 2 aromatic rings. The van der Waals surface area contributed by atoms with Crippen LogP contribution in [-0.4, -0.2) is 30.6 Å². The second-order valence-electron chi connectivity index (χ2n) is 5.49. The molecular formula is C17H15BFNO5. The molecule has 0 fully saturated rings. The first-order valence-corrected chi connectivity index (χ1v) is 7.65. The molecule has 25 heavy (non-hydrogen) atoms. The smallest absolute Gasteiger partial charge is 0.460 e. The van der Waals surface area contributed by atoms with Crippen LogP contribution >= 0.6 is 0 Å². The van der Waals surface area contributed by atoms with Crippen LogP contribution in [0.1, 0.15) is 21.5 Å². The number of hydrogen-bond donors (Lipinski definition) is 2. The van der Waals surface area contributed by atoms with E-state index in [1.165, 1.54) is 12.1 Å². The van der Waals surface area contributed by atoms with Crippen molar-refractivity contribution in [3.05, 3.63) is 65.0 Å². The molecule has 6 nitrogen and oxygen atoms in total. The molecule has 0 saturated heterocycles. The Bertz CT molecular complexity index is 799. The van der Waals surface area contributed by atoms with Crippen LogP contribution in [0.25, 0.3) is 0 Å². The van der Waals surface area contributed by atoms with Gasteiger partial charge in [0.05, 0.1) is 12.2 Å². The Morgan fingerprint density at radius 3 is 2.76 bits per heavy atom. The van der Waals surface area contributed by atoms with E-state index in [4.69, 9.17) is 9.39 Å². The molecule has 1 amide bonds. The molecular weight excluding hydrogens is 328 g/mol. The van der Waals surface area contributed by atoms with E-state index in [2.05, 4.69) is 5.32 Å². The number of benzene rings is 2. The first-order valence-electron chi connectivity index (χ1n) is 7.65.